The molecule has 0 rings (SSSR count). The molecular weight excluding hydrogens is 147 g/mol. The number of rotatable bonds is 0. The van der Waals surface area contributed by atoms with Gasteiger partial charge in [-0.25, -0.2) is 0 Å². The van der Waals surface area contributed by atoms with Gasteiger partial charge in [0, 0.05) is 0 Å². The zero-order valence-corrected chi connectivity index (χ0v) is 6.22. The Labute approximate surface area is 70.6 Å². The molecule has 0 N–H and O–H groups in total. The molecule has 0 fully saturated rings. The van der Waals surface area contributed by atoms with Crippen LogP contribution in [0, 0.1) is 0 Å². The van der Waals surface area contributed by atoms with E-state index in [-0.39, 0.29) is 71.3 Å². The summed E-state index contributed by atoms with van der Waals surface area (Å²) in [5.74, 6) is 0. The monoisotopic (exact) mass is 145 g/mol. The van der Waals surface area contributed by atoms with E-state index in [1.807, 2.05) is 0 Å². The van der Waals surface area contributed by atoms with Crippen LogP contribution in [0.1, 0.15) is 0 Å². The molecule has 0 radical (unpaired) electrons. The summed E-state index contributed by atoms with van der Waals surface area (Å²) in [5, 5.41) is 0. The maximum Gasteiger partial charge on any atom is 2.00 e. The predicted molar refractivity (Wildman–Crippen MR) is 5.75 cm³/mol. The molecule has 0 aromatic carbocycles. The van der Waals surface area contributed by atoms with Crippen molar-refractivity contribution < 1.29 is 48.2 Å². The Hall–Kier alpha value is 2.13. The van der Waals surface area contributed by atoms with Crippen LogP contribution >= 0.6 is 0 Å². The normalized spacial score (nSPS) is 0. The van der Waals surface area contributed by atoms with Gasteiger partial charge in [-0.3, -0.25) is 0 Å². The zero-order valence-electron chi connectivity index (χ0n) is 2.46. The van der Waals surface area contributed by atoms with Crippen LogP contribution in [0.25, 0.3) is 0 Å². The Morgan fingerprint density at radius 1 is 1.00 bits per heavy atom. The van der Waals surface area contributed by atoms with Gasteiger partial charge in [-0.1, -0.05) is 0 Å². The average Bonchev–Trinajstić information content (AvgIpc) is 0. The van der Waals surface area contributed by atoms with E-state index in [2.05, 4.69) is 0 Å². The van der Waals surface area contributed by atoms with Crippen molar-refractivity contribution in [3.05, 3.63) is 0 Å². The van der Waals surface area contributed by atoms with Crippen LogP contribution in [0.4, 0.5) is 0 Å². The van der Waals surface area contributed by atoms with Gasteiger partial charge in [-0.2, -0.15) is 0 Å². The predicted octanol–water partition coefficient (Wildman–Crippen LogP) is -9.37. The molecular formula is BrClLiMg+. The van der Waals surface area contributed by atoms with Gasteiger partial charge in [0.1, 0.15) is 0 Å². The maximum atomic E-state index is 0. The van der Waals surface area contributed by atoms with Crippen LogP contribution in [0.3, 0.4) is 0 Å². The van der Waals surface area contributed by atoms with Crippen molar-refractivity contribution >= 4 is 23.1 Å². The van der Waals surface area contributed by atoms with Crippen molar-refractivity contribution in [2.24, 2.45) is 0 Å². The van der Waals surface area contributed by atoms with Gasteiger partial charge >= 0.3 is 41.9 Å². The Balaban J connectivity index is 0. The van der Waals surface area contributed by atoms with Gasteiger partial charge in [0.05, 0.1) is 0 Å². The van der Waals surface area contributed by atoms with Gasteiger partial charge in [-0.15, -0.1) is 0 Å². The minimum Gasteiger partial charge on any atom is -1.00 e. The molecule has 0 heterocycles. The second kappa shape index (κ2) is 19.3. The van der Waals surface area contributed by atoms with Gasteiger partial charge in [0.25, 0.3) is 0 Å². The number of hydrogen-bond acceptors (Lipinski definition) is 0. The van der Waals surface area contributed by atoms with Crippen molar-refractivity contribution in [1.29, 1.82) is 0 Å². The molecule has 0 aromatic heterocycles. The molecule has 0 atom stereocenters. The van der Waals surface area contributed by atoms with E-state index in [1.165, 1.54) is 0 Å². The van der Waals surface area contributed by atoms with Gasteiger partial charge in [-0.05, 0) is 0 Å². The molecule has 4 heavy (non-hydrogen) atoms. The van der Waals surface area contributed by atoms with E-state index in [0.29, 0.717) is 0 Å². The summed E-state index contributed by atoms with van der Waals surface area (Å²) >= 11 is 0. The first-order chi connectivity index (χ1) is 0. The van der Waals surface area contributed by atoms with Crippen molar-refractivity contribution in [3.63, 3.8) is 0 Å². The van der Waals surface area contributed by atoms with Crippen LogP contribution < -0.4 is 48.2 Å². The summed E-state index contributed by atoms with van der Waals surface area (Å²) < 4.78 is 0. The minimum absolute atomic E-state index is 0. The van der Waals surface area contributed by atoms with Gasteiger partial charge < -0.3 is 29.4 Å². The standard InChI is InChI=1S/BrH.ClH.Li.Mg/h2*1H;;/q;;+1;+2/p-2. The smallest absolute Gasteiger partial charge is 1.00 e. The molecule has 0 aliphatic rings. The third kappa shape index (κ3) is 8.92. The molecule has 0 nitrogen and oxygen atoms in total. The Kier molecular flexibility index (Phi) is 171. The van der Waals surface area contributed by atoms with Crippen LogP contribution in [-0.4, -0.2) is 23.1 Å². The molecule has 0 aliphatic heterocycles. The van der Waals surface area contributed by atoms with E-state index in [1.54, 1.807) is 0 Å². The van der Waals surface area contributed by atoms with Crippen molar-refractivity contribution in [2.75, 3.05) is 0 Å². The summed E-state index contributed by atoms with van der Waals surface area (Å²) in [6, 6.07) is 0. The Morgan fingerprint density at radius 3 is 1.00 bits per heavy atom. The second-order valence-electron chi connectivity index (χ2n) is 0. The fraction of sp³-hybridized carbons (Fsp3) is 0. The summed E-state index contributed by atoms with van der Waals surface area (Å²) in [6.07, 6.45) is 0. The van der Waals surface area contributed by atoms with Gasteiger partial charge in [0.15, 0.2) is 0 Å². The molecule has 0 saturated heterocycles. The van der Waals surface area contributed by atoms with Gasteiger partial charge in [0.2, 0.25) is 0 Å². The first-order valence-corrected chi connectivity index (χ1v) is 0. The van der Waals surface area contributed by atoms with Crippen molar-refractivity contribution in [1.82, 2.24) is 0 Å². The topological polar surface area (TPSA) is 0 Å². The molecule has 0 unspecified atom stereocenters. The van der Waals surface area contributed by atoms with Crippen molar-refractivity contribution in [3.8, 4) is 0 Å². The molecule has 4 heteroatoms. The summed E-state index contributed by atoms with van der Waals surface area (Å²) in [4.78, 5) is 0. The SMILES string of the molecule is [Br-].[Cl-].[Li+].[Mg+2]. The summed E-state index contributed by atoms with van der Waals surface area (Å²) in [7, 11) is 0. The molecule has 0 aromatic rings. The molecule has 0 bridgehead atoms. The fourth-order valence-corrected chi connectivity index (χ4v) is 0. The Bertz CT molecular complexity index is 8.00. The molecule has 16 valence electrons. The van der Waals surface area contributed by atoms with Crippen LogP contribution in [0.5, 0.6) is 0 Å². The summed E-state index contributed by atoms with van der Waals surface area (Å²) in [5.41, 5.74) is 0. The summed E-state index contributed by atoms with van der Waals surface area (Å²) in [6.45, 7) is 0. The largest absolute Gasteiger partial charge is 2.00 e. The molecule has 0 spiro atoms. The van der Waals surface area contributed by atoms with E-state index in [9.17, 15) is 0 Å². The van der Waals surface area contributed by atoms with E-state index in [0.717, 1.165) is 0 Å². The van der Waals surface area contributed by atoms with Crippen LogP contribution in [0.15, 0.2) is 0 Å². The average molecular weight is 147 g/mol. The van der Waals surface area contributed by atoms with E-state index >= 15 is 0 Å². The number of hydrogen-bond donors (Lipinski definition) is 0. The maximum absolute atomic E-state index is 0. The van der Waals surface area contributed by atoms with E-state index < -0.39 is 0 Å². The second-order valence-corrected chi connectivity index (χ2v) is 0. The molecule has 0 aliphatic carbocycles. The molecule has 0 saturated carbocycles. The molecule has 0 amide bonds. The van der Waals surface area contributed by atoms with E-state index in [4.69, 9.17) is 0 Å². The fourth-order valence-electron chi connectivity index (χ4n) is 0. The van der Waals surface area contributed by atoms with Crippen molar-refractivity contribution in [2.45, 2.75) is 0 Å². The third-order valence-corrected chi connectivity index (χ3v) is 0. The quantitative estimate of drug-likeness (QED) is 0.298. The first kappa shape index (κ1) is 35.5. The number of halogens is 2. The van der Waals surface area contributed by atoms with Crippen LogP contribution in [0.2, 0.25) is 0 Å². The third-order valence-electron chi connectivity index (χ3n) is 0. The minimum atomic E-state index is 0. The zero-order chi connectivity index (χ0) is 0. The van der Waals surface area contributed by atoms with Crippen LogP contribution in [-0.2, 0) is 0 Å². The Morgan fingerprint density at radius 2 is 1.00 bits per heavy atom. The first-order valence-electron chi connectivity index (χ1n) is 0.